The van der Waals surface area contributed by atoms with Crippen molar-refractivity contribution in [3.05, 3.63) is 54.2 Å². The maximum atomic E-state index is 12.2. The summed E-state index contributed by atoms with van der Waals surface area (Å²) in [6.45, 7) is 0. The van der Waals surface area contributed by atoms with Gasteiger partial charge in [0.25, 0.3) is 0 Å². The van der Waals surface area contributed by atoms with E-state index in [1.54, 1.807) is 20.3 Å². The second-order valence-corrected chi connectivity index (χ2v) is 6.01. The van der Waals surface area contributed by atoms with Gasteiger partial charge in [0.2, 0.25) is 0 Å². The summed E-state index contributed by atoms with van der Waals surface area (Å²) < 4.78 is 15.6. The van der Waals surface area contributed by atoms with Gasteiger partial charge in [-0.1, -0.05) is 18.2 Å². The van der Waals surface area contributed by atoms with Gasteiger partial charge >= 0.3 is 5.97 Å². The average Bonchev–Trinajstić information content (AvgIpc) is 3.10. The van der Waals surface area contributed by atoms with Crippen LogP contribution in [0.25, 0.3) is 33.1 Å². The Morgan fingerprint density at radius 2 is 1.70 bits per heavy atom. The van der Waals surface area contributed by atoms with E-state index < -0.39 is 5.97 Å². The fourth-order valence-corrected chi connectivity index (χ4v) is 3.25. The molecule has 0 aliphatic carbocycles. The minimum absolute atomic E-state index is 0.250. The predicted molar refractivity (Wildman–Crippen MR) is 103 cm³/mol. The molecule has 0 fully saturated rings. The Balaban J connectivity index is 2.05. The smallest absolute Gasteiger partial charge is 0.356 e. The summed E-state index contributed by atoms with van der Waals surface area (Å²) in [5, 5.41) is 1.92. The van der Waals surface area contributed by atoms with Gasteiger partial charge < -0.3 is 19.2 Å². The molecule has 2 heterocycles. The molecule has 136 valence electrons. The molecule has 0 amide bonds. The number of para-hydroxylation sites is 1. The molecule has 0 aliphatic rings. The topological polar surface area (TPSA) is 73.4 Å². The number of methoxy groups -OCH3 is 3. The monoisotopic (exact) mass is 362 g/mol. The summed E-state index contributed by atoms with van der Waals surface area (Å²) >= 11 is 0. The molecule has 1 N–H and O–H groups in total. The van der Waals surface area contributed by atoms with Crippen LogP contribution in [0.3, 0.4) is 0 Å². The first-order valence-electron chi connectivity index (χ1n) is 8.38. The van der Waals surface area contributed by atoms with E-state index in [4.69, 9.17) is 14.2 Å². The van der Waals surface area contributed by atoms with Crippen LogP contribution in [-0.4, -0.2) is 37.3 Å². The van der Waals surface area contributed by atoms with Crippen LogP contribution in [0.15, 0.2) is 48.5 Å². The Hall–Kier alpha value is -3.54. The lowest BCUT2D eigenvalue weighted by Crippen LogP contribution is -2.05. The third kappa shape index (κ3) is 2.75. The number of nitrogens with zero attached hydrogens (tertiary/aromatic N) is 1. The van der Waals surface area contributed by atoms with E-state index >= 15 is 0 Å². The second kappa shape index (κ2) is 6.64. The molecule has 27 heavy (non-hydrogen) atoms. The molecule has 0 atom stereocenters. The van der Waals surface area contributed by atoms with Crippen LogP contribution < -0.4 is 9.47 Å². The molecule has 6 heteroatoms. The molecular weight excluding hydrogens is 344 g/mol. The van der Waals surface area contributed by atoms with Crippen molar-refractivity contribution in [2.45, 2.75) is 0 Å². The Bertz CT molecular complexity index is 1160. The number of hydrogen-bond acceptors (Lipinski definition) is 5. The van der Waals surface area contributed by atoms with Gasteiger partial charge in [-0.15, -0.1) is 0 Å². The van der Waals surface area contributed by atoms with Crippen LogP contribution in [0.5, 0.6) is 11.5 Å². The lowest BCUT2D eigenvalue weighted by molar-refractivity contribution is 0.0594. The van der Waals surface area contributed by atoms with Gasteiger partial charge in [0.15, 0.2) is 11.5 Å². The number of carbonyl (C=O) groups is 1. The standard InChI is InChI=1S/C21H18N2O4/c1-25-17-9-8-12(10-18(17)26-2)19-20-14(11-16(23-19)21(24)27-3)13-6-4-5-7-15(13)22-20/h4-11,22H,1-3H3. The highest BCUT2D eigenvalue weighted by Gasteiger charge is 2.18. The zero-order valence-corrected chi connectivity index (χ0v) is 15.2. The van der Waals surface area contributed by atoms with Gasteiger partial charge in [0.1, 0.15) is 5.69 Å². The summed E-state index contributed by atoms with van der Waals surface area (Å²) in [4.78, 5) is 20.2. The summed E-state index contributed by atoms with van der Waals surface area (Å²) in [5.41, 5.74) is 3.51. The number of esters is 1. The molecule has 0 unspecified atom stereocenters. The average molecular weight is 362 g/mol. The van der Waals surface area contributed by atoms with E-state index in [1.807, 2.05) is 42.5 Å². The van der Waals surface area contributed by atoms with Gasteiger partial charge in [0, 0.05) is 21.9 Å². The van der Waals surface area contributed by atoms with Crippen molar-refractivity contribution in [1.82, 2.24) is 9.97 Å². The minimum atomic E-state index is -0.482. The fourth-order valence-electron chi connectivity index (χ4n) is 3.25. The molecule has 0 saturated heterocycles. The Morgan fingerprint density at radius 3 is 2.44 bits per heavy atom. The Labute approximate surface area is 155 Å². The van der Waals surface area contributed by atoms with Crippen LogP contribution in [0.4, 0.5) is 0 Å². The predicted octanol–water partition coefficient (Wildman–Crippen LogP) is 4.19. The number of benzene rings is 2. The molecule has 0 radical (unpaired) electrons. The number of rotatable bonds is 4. The van der Waals surface area contributed by atoms with Crippen molar-refractivity contribution >= 4 is 27.8 Å². The highest BCUT2D eigenvalue weighted by molar-refractivity contribution is 6.12. The fraction of sp³-hybridized carbons (Fsp3) is 0.143. The lowest BCUT2D eigenvalue weighted by atomic mass is 10.1. The van der Waals surface area contributed by atoms with Gasteiger partial charge in [-0.25, -0.2) is 9.78 Å². The number of fused-ring (bicyclic) bond motifs is 3. The number of H-pyrrole nitrogens is 1. The Kier molecular flexibility index (Phi) is 4.16. The van der Waals surface area contributed by atoms with E-state index in [9.17, 15) is 4.79 Å². The van der Waals surface area contributed by atoms with Gasteiger partial charge in [-0.2, -0.15) is 0 Å². The Morgan fingerprint density at radius 1 is 0.926 bits per heavy atom. The number of nitrogens with one attached hydrogen (secondary N) is 1. The summed E-state index contributed by atoms with van der Waals surface area (Å²) in [6, 6.07) is 15.2. The number of aromatic amines is 1. The van der Waals surface area contributed by atoms with Crippen molar-refractivity contribution < 1.29 is 19.0 Å². The van der Waals surface area contributed by atoms with Crippen molar-refractivity contribution in [2.75, 3.05) is 21.3 Å². The van der Waals surface area contributed by atoms with Crippen LogP contribution in [0.1, 0.15) is 10.5 Å². The maximum absolute atomic E-state index is 12.2. The van der Waals surface area contributed by atoms with Crippen molar-refractivity contribution in [3.8, 4) is 22.8 Å². The zero-order chi connectivity index (χ0) is 19.0. The lowest BCUT2D eigenvalue weighted by Gasteiger charge is -2.11. The minimum Gasteiger partial charge on any atom is -0.493 e. The van der Waals surface area contributed by atoms with Gasteiger partial charge in [-0.3, -0.25) is 0 Å². The summed E-state index contributed by atoms with van der Waals surface area (Å²) in [7, 11) is 4.52. The summed E-state index contributed by atoms with van der Waals surface area (Å²) in [6.07, 6.45) is 0. The first kappa shape index (κ1) is 16.9. The second-order valence-electron chi connectivity index (χ2n) is 6.01. The van der Waals surface area contributed by atoms with E-state index in [0.717, 1.165) is 27.4 Å². The first-order chi connectivity index (χ1) is 13.2. The molecule has 0 aliphatic heterocycles. The van der Waals surface area contributed by atoms with Gasteiger partial charge in [-0.05, 0) is 30.3 Å². The molecule has 2 aromatic carbocycles. The van der Waals surface area contributed by atoms with E-state index in [1.165, 1.54) is 7.11 Å². The van der Waals surface area contributed by atoms with E-state index in [2.05, 4.69) is 9.97 Å². The molecule has 2 aromatic heterocycles. The van der Waals surface area contributed by atoms with Crippen LogP contribution in [0, 0.1) is 0 Å². The van der Waals surface area contributed by atoms with Crippen molar-refractivity contribution in [2.24, 2.45) is 0 Å². The van der Waals surface area contributed by atoms with Crippen LogP contribution in [0.2, 0.25) is 0 Å². The molecule has 0 bridgehead atoms. The molecule has 0 saturated carbocycles. The highest BCUT2D eigenvalue weighted by Crippen LogP contribution is 2.36. The van der Waals surface area contributed by atoms with Crippen molar-refractivity contribution in [1.29, 1.82) is 0 Å². The molecule has 0 spiro atoms. The first-order valence-corrected chi connectivity index (χ1v) is 8.38. The number of ether oxygens (including phenoxy) is 3. The number of hydrogen-bond donors (Lipinski definition) is 1. The molecule has 4 aromatic rings. The molecular formula is C21H18N2O4. The molecule has 6 nitrogen and oxygen atoms in total. The van der Waals surface area contributed by atoms with E-state index in [0.29, 0.717) is 17.2 Å². The highest BCUT2D eigenvalue weighted by atomic mass is 16.5. The number of pyridine rings is 1. The van der Waals surface area contributed by atoms with Crippen molar-refractivity contribution in [3.63, 3.8) is 0 Å². The molecule has 4 rings (SSSR count). The van der Waals surface area contributed by atoms with E-state index in [-0.39, 0.29) is 5.69 Å². The number of carbonyl (C=O) groups excluding carboxylic acids is 1. The zero-order valence-electron chi connectivity index (χ0n) is 15.2. The maximum Gasteiger partial charge on any atom is 0.356 e. The quantitative estimate of drug-likeness (QED) is 0.551. The third-order valence-corrected chi connectivity index (χ3v) is 4.55. The van der Waals surface area contributed by atoms with Crippen LogP contribution >= 0.6 is 0 Å². The van der Waals surface area contributed by atoms with Crippen LogP contribution in [-0.2, 0) is 4.74 Å². The normalized spacial score (nSPS) is 10.9. The summed E-state index contributed by atoms with van der Waals surface area (Å²) in [5.74, 6) is 0.728. The SMILES string of the molecule is COC(=O)c1cc2c([nH]c3ccccc32)c(-c2ccc(OC)c(OC)c2)n1. The third-order valence-electron chi connectivity index (χ3n) is 4.55. The van der Waals surface area contributed by atoms with Gasteiger partial charge in [0.05, 0.1) is 32.5 Å². The largest absolute Gasteiger partial charge is 0.493 e. The number of aromatic nitrogens is 2.